The number of benzene rings is 1. The Morgan fingerprint density at radius 3 is 2.29 bits per heavy atom. The molecule has 1 fully saturated rings. The average Bonchev–Trinajstić information content (AvgIpc) is 2.94. The van der Waals surface area contributed by atoms with Crippen molar-refractivity contribution in [1.82, 2.24) is 10.2 Å². The Bertz CT molecular complexity index is 497. The van der Waals surface area contributed by atoms with Crippen molar-refractivity contribution in [2.24, 2.45) is 0 Å². The maximum atomic E-state index is 14.2. The van der Waals surface area contributed by atoms with E-state index in [-0.39, 0.29) is 17.1 Å². The van der Waals surface area contributed by atoms with Crippen LogP contribution in [0.4, 0.5) is 13.2 Å². The van der Waals surface area contributed by atoms with Gasteiger partial charge in [0.25, 0.3) is 0 Å². The summed E-state index contributed by atoms with van der Waals surface area (Å²) >= 11 is 0. The molecule has 1 atom stereocenters. The molecule has 2 rings (SSSR count). The number of hydrogen-bond acceptors (Lipinski definition) is 2. The number of hydrogen-bond donors (Lipinski definition) is 1. The van der Waals surface area contributed by atoms with E-state index in [0.29, 0.717) is 6.54 Å². The molecule has 5 heteroatoms. The van der Waals surface area contributed by atoms with E-state index in [2.05, 4.69) is 10.2 Å². The summed E-state index contributed by atoms with van der Waals surface area (Å²) in [5.41, 5.74) is -0.0486. The fourth-order valence-corrected chi connectivity index (χ4v) is 3.54. The molecule has 2 nitrogen and oxygen atoms in total. The topological polar surface area (TPSA) is 15.3 Å². The Morgan fingerprint density at radius 2 is 1.76 bits per heavy atom. The highest BCUT2D eigenvalue weighted by molar-refractivity contribution is 5.28. The van der Waals surface area contributed by atoms with Crippen molar-refractivity contribution < 1.29 is 13.2 Å². The Balaban J connectivity index is 2.50. The number of rotatable bonds is 5. The highest BCUT2D eigenvalue weighted by Crippen LogP contribution is 2.44. The third-order valence-electron chi connectivity index (χ3n) is 4.68. The summed E-state index contributed by atoms with van der Waals surface area (Å²) in [6.07, 6.45) is 3.95. The van der Waals surface area contributed by atoms with E-state index in [9.17, 15) is 13.2 Å². The van der Waals surface area contributed by atoms with Crippen molar-refractivity contribution in [3.8, 4) is 0 Å². The molecule has 0 heterocycles. The van der Waals surface area contributed by atoms with Crippen molar-refractivity contribution >= 4 is 0 Å². The lowest BCUT2D eigenvalue weighted by Crippen LogP contribution is -2.52. The third-order valence-corrected chi connectivity index (χ3v) is 4.68. The predicted molar refractivity (Wildman–Crippen MR) is 77.6 cm³/mol. The molecule has 1 N–H and O–H groups in total. The summed E-state index contributed by atoms with van der Waals surface area (Å²) in [5.74, 6) is -3.60. The molecule has 0 saturated heterocycles. The molecule has 1 saturated carbocycles. The molecule has 0 spiro atoms. The van der Waals surface area contributed by atoms with Crippen LogP contribution in [0.2, 0.25) is 0 Å². The van der Waals surface area contributed by atoms with E-state index in [0.717, 1.165) is 31.7 Å². The van der Waals surface area contributed by atoms with Crippen LogP contribution in [0.25, 0.3) is 0 Å². The summed E-state index contributed by atoms with van der Waals surface area (Å²) in [6.45, 7) is 2.57. The van der Waals surface area contributed by atoms with Crippen LogP contribution in [0.3, 0.4) is 0 Å². The second-order valence-electron chi connectivity index (χ2n) is 5.96. The molecule has 21 heavy (non-hydrogen) atoms. The van der Waals surface area contributed by atoms with Gasteiger partial charge in [-0.15, -0.1) is 0 Å². The van der Waals surface area contributed by atoms with E-state index in [1.807, 2.05) is 21.0 Å². The summed E-state index contributed by atoms with van der Waals surface area (Å²) in [5, 5.41) is 3.28. The van der Waals surface area contributed by atoms with Gasteiger partial charge >= 0.3 is 0 Å². The first kappa shape index (κ1) is 16.3. The summed E-state index contributed by atoms with van der Waals surface area (Å²) in [4.78, 5) is 2.09. The van der Waals surface area contributed by atoms with Crippen LogP contribution in [0.5, 0.6) is 0 Å². The lowest BCUT2D eigenvalue weighted by Gasteiger charge is -2.44. The first-order chi connectivity index (χ1) is 9.94. The second-order valence-corrected chi connectivity index (χ2v) is 5.96. The van der Waals surface area contributed by atoms with Gasteiger partial charge < -0.3 is 10.2 Å². The van der Waals surface area contributed by atoms with Gasteiger partial charge in [-0.2, -0.15) is 0 Å². The molecule has 1 aliphatic carbocycles. The maximum Gasteiger partial charge on any atom is 0.194 e. The average molecular weight is 300 g/mol. The summed E-state index contributed by atoms with van der Waals surface area (Å²) in [7, 11) is 3.93. The van der Waals surface area contributed by atoms with Gasteiger partial charge in [0.05, 0.1) is 6.04 Å². The Labute approximate surface area is 124 Å². The van der Waals surface area contributed by atoms with Gasteiger partial charge in [-0.3, -0.25) is 0 Å². The molecule has 1 unspecified atom stereocenters. The van der Waals surface area contributed by atoms with Crippen LogP contribution < -0.4 is 5.32 Å². The summed E-state index contributed by atoms with van der Waals surface area (Å²) < 4.78 is 41.1. The van der Waals surface area contributed by atoms with Crippen molar-refractivity contribution in [2.45, 2.75) is 44.2 Å². The van der Waals surface area contributed by atoms with Crippen molar-refractivity contribution in [3.63, 3.8) is 0 Å². The lowest BCUT2D eigenvalue weighted by atomic mass is 9.82. The van der Waals surface area contributed by atoms with E-state index >= 15 is 0 Å². The van der Waals surface area contributed by atoms with Crippen molar-refractivity contribution in [1.29, 1.82) is 0 Å². The monoisotopic (exact) mass is 300 g/mol. The van der Waals surface area contributed by atoms with Gasteiger partial charge in [-0.25, -0.2) is 13.2 Å². The van der Waals surface area contributed by atoms with Crippen LogP contribution in [0, 0.1) is 17.5 Å². The molecule has 0 amide bonds. The van der Waals surface area contributed by atoms with Gasteiger partial charge in [0.1, 0.15) is 0 Å². The van der Waals surface area contributed by atoms with Gasteiger partial charge in [0, 0.05) is 11.1 Å². The first-order valence-electron chi connectivity index (χ1n) is 7.48. The molecular weight excluding hydrogens is 277 g/mol. The van der Waals surface area contributed by atoms with Gasteiger partial charge in [-0.1, -0.05) is 25.8 Å². The molecule has 0 bridgehead atoms. The van der Waals surface area contributed by atoms with Crippen LogP contribution in [0.15, 0.2) is 12.1 Å². The minimum Gasteiger partial charge on any atom is -0.309 e. The standard InChI is InChI=1S/C16H23F3N2/c1-4-20-15(16(21(2)3)9-5-6-10-16)11-7-8-12(17)14(19)13(11)18/h7-8,15,20H,4-6,9-10H2,1-3H3. The zero-order chi connectivity index (χ0) is 15.6. The van der Waals surface area contributed by atoms with E-state index in [1.165, 1.54) is 6.07 Å². The molecule has 0 aliphatic heterocycles. The minimum absolute atomic E-state index is 0.214. The van der Waals surface area contributed by atoms with Crippen LogP contribution in [0.1, 0.15) is 44.2 Å². The third kappa shape index (κ3) is 2.81. The van der Waals surface area contributed by atoms with Gasteiger partial charge in [0.2, 0.25) is 0 Å². The fraction of sp³-hybridized carbons (Fsp3) is 0.625. The minimum atomic E-state index is -1.39. The Kier molecular flexibility index (Phi) is 4.94. The molecule has 0 aromatic heterocycles. The first-order valence-corrected chi connectivity index (χ1v) is 7.48. The van der Waals surface area contributed by atoms with Crippen LogP contribution >= 0.6 is 0 Å². The molecule has 1 aromatic carbocycles. The predicted octanol–water partition coefficient (Wildman–Crippen LogP) is 3.63. The second kappa shape index (κ2) is 6.36. The zero-order valence-electron chi connectivity index (χ0n) is 12.8. The highest BCUT2D eigenvalue weighted by Gasteiger charge is 2.44. The number of nitrogens with one attached hydrogen (secondary N) is 1. The van der Waals surface area contributed by atoms with Crippen molar-refractivity contribution in [2.75, 3.05) is 20.6 Å². The molecule has 1 aromatic rings. The highest BCUT2D eigenvalue weighted by atomic mass is 19.2. The fourth-order valence-electron chi connectivity index (χ4n) is 3.54. The Morgan fingerprint density at radius 1 is 1.14 bits per heavy atom. The van der Waals surface area contributed by atoms with Crippen molar-refractivity contribution in [3.05, 3.63) is 35.1 Å². The smallest absolute Gasteiger partial charge is 0.194 e. The largest absolute Gasteiger partial charge is 0.309 e. The maximum absolute atomic E-state index is 14.2. The van der Waals surface area contributed by atoms with Crippen LogP contribution in [-0.2, 0) is 0 Å². The van der Waals surface area contributed by atoms with Crippen LogP contribution in [-0.4, -0.2) is 31.1 Å². The number of halogens is 3. The van der Waals surface area contributed by atoms with Gasteiger partial charge in [-0.05, 0) is 39.5 Å². The molecule has 0 radical (unpaired) electrons. The molecule has 1 aliphatic rings. The lowest BCUT2D eigenvalue weighted by molar-refractivity contribution is 0.103. The molecular formula is C16H23F3N2. The van der Waals surface area contributed by atoms with E-state index in [4.69, 9.17) is 0 Å². The normalized spacial score (nSPS) is 19.2. The Hall–Kier alpha value is -1.07. The number of likely N-dealkylation sites (N-methyl/N-ethyl adjacent to an activating group) is 2. The van der Waals surface area contributed by atoms with E-state index < -0.39 is 17.5 Å². The SMILES string of the molecule is CCNC(c1ccc(F)c(F)c1F)C1(N(C)C)CCCC1. The van der Waals surface area contributed by atoms with Gasteiger partial charge in [0.15, 0.2) is 17.5 Å². The summed E-state index contributed by atoms with van der Waals surface area (Å²) in [6, 6.07) is 2.02. The quantitative estimate of drug-likeness (QED) is 0.835. The van der Waals surface area contributed by atoms with E-state index in [1.54, 1.807) is 0 Å². The zero-order valence-corrected chi connectivity index (χ0v) is 12.8. The number of nitrogens with zero attached hydrogens (tertiary/aromatic N) is 1. The molecule has 118 valence electrons.